The molecule has 1 aliphatic rings. The number of anilines is 1. The van der Waals surface area contributed by atoms with E-state index in [-0.39, 0.29) is 34.4 Å². The van der Waals surface area contributed by atoms with E-state index < -0.39 is 30.4 Å². The molecule has 1 fully saturated rings. The maximum atomic E-state index is 13.0. The molecule has 1 heterocycles. The monoisotopic (exact) mass is 478 g/mol. The van der Waals surface area contributed by atoms with Gasteiger partial charge in [-0.05, 0) is 48.9 Å². The molecule has 166 valence electrons. The number of imide groups is 2. The van der Waals surface area contributed by atoms with E-state index in [0.29, 0.717) is 10.6 Å². The van der Waals surface area contributed by atoms with Crippen LogP contribution in [0.15, 0.2) is 42.0 Å². The van der Waals surface area contributed by atoms with Gasteiger partial charge in [-0.3, -0.25) is 14.9 Å². The Balaban J connectivity index is 2.01. The number of benzene rings is 2. The molecule has 3 rings (SSSR count). The zero-order valence-corrected chi connectivity index (χ0v) is 18.1. The molecule has 0 atom stereocenters. The zero-order valence-electron chi connectivity index (χ0n) is 16.6. The van der Waals surface area contributed by atoms with Gasteiger partial charge >= 0.3 is 12.0 Å². The Morgan fingerprint density at radius 3 is 2.56 bits per heavy atom. The highest BCUT2D eigenvalue weighted by molar-refractivity contribution is 6.39. The highest BCUT2D eigenvalue weighted by Gasteiger charge is 2.37. The molecule has 2 aromatic rings. The van der Waals surface area contributed by atoms with E-state index in [1.54, 1.807) is 19.1 Å². The molecule has 32 heavy (non-hydrogen) atoms. The molecular weight excluding hydrogens is 463 g/mol. The van der Waals surface area contributed by atoms with Gasteiger partial charge in [0.05, 0.1) is 17.3 Å². The first-order chi connectivity index (χ1) is 15.2. The number of amides is 4. The number of carboxylic acids is 1. The van der Waals surface area contributed by atoms with E-state index in [4.69, 9.17) is 37.8 Å². The molecule has 0 bridgehead atoms. The van der Waals surface area contributed by atoms with Crippen molar-refractivity contribution in [3.8, 4) is 11.5 Å². The summed E-state index contributed by atoms with van der Waals surface area (Å²) in [5.74, 6) is -2.82. The summed E-state index contributed by atoms with van der Waals surface area (Å²) in [6.45, 7) is 1.28. The van der Waals surface area contributed by atoms with E-state index in [0.717, 1.165) is 4.90 Å². The fraction of sp³-hybridized carbons (Fsp3) is 0.143. The fourth-order valence-corrected chi connectivity index (χ4v) is 3.34. The van der Waals surface area contributed by atoms with E-state index in [9.17, 15) is 19.2 Å². The first-order valence-corrected chi connectivity index (χ1v) is 9.94. The largest absolute Gasteiger partial charge is 0.490 e. The molecule has 2 N–H and O–H groups in total. The van der Waals surface area contributed by atoms with Crippen molar-refractivity contribution in [1.82, 2.24) is 5.32 Å². The Labute approximate surface area is 192 Å². The minimum absolute atomic E-state index is 0.00761. The first-order valence-electron chi connectivity index (χ1n) is 9.19. The van der Waals surface area contributed by atoms with Crippen LogP contribution in [0.1, 0.15) is 12.5 Å². The predicted octanol–water partition coefficient (Wildman–Crippen LogP) is 3.52. The second-order valence-electron chi connectivity index (χ2n) is 6.38. The van der Waals surface area contributed by atoms with Crippen molar-refractivity contribution in [2.75, 3.05) is 18.1 Å². The van der Waals surface area contributed by atoms with E-state index in [1.807, 2.05) is 0 Å². The second kappa shape index (κ2) is 9.71. The van der Waals surface area contributed by atoms with Gasteiger partial charge in [0.2, 0.25) is 0 Å². The third-order valence-electron chi connectivity index (χ3n) is 4.15. The summed E-state index contributed by atoms with van der Waals surface area (Å²) in [4.78, 5) is 49.2. The number of hydrogen-bond donors (Lipinski definition) is 2. The van der Waals surface area contributed by atoms with Crippen molar-refractivity contribution in [2.24, 2.45) is 0 Å². The number of rotatable bonds is 7. The molecule has 0 radical (unpaired) electrons. The van der Waals surface area contributed by atoms with Gasteiger partial charge in [-0.2, -0.15) is 0 Å². The zero-order chi connectivity index (χ0) is 23.4. The molecule has 2 aromatic carbocycles. The van der Waals surface area contributed by atoms with Crippen molar-refractivity contribution in [3.63, 3.8) is 0 Å². The van der Waals surface area contributed by atoms with Crippen molar-refractivity contribution in [3.05, 3.63) is 57.6 Å². The van der Waals surface area contributed by atoms with Crippen LogP contribution in [0.5, 0.6) is 11.5 Å². The van der Waals surface area contributed by atoms with Gasteiger partial charge in [0.25, 0.3) is 11.8 Å². The maximum Gasteiger partial charge on any atom is 0.341 e. The number of carboxylic acid groups (broad SMARTS) is 1. The summed E-state index contributed by atoms with van der Waals surface area (Å²) < 4.78 is 10.6. The van der Waals surface area contributed by atoms with E-state index in [1.165, 1.54) is 30.3 Å². The molecule has 1 saturated heterocycles. The Hall–Kier alpha value is -3.56. The molecule has 4 amide bonds. The lowest BCUT2D eigenvalue weighted by Gasteiger charge is -2.26. The third-order valence-corrected chi connectivity index (χ3v) is 4.67. The number of barbiturate groups is 1. The normalized spacial score (nSPS) is 15.0. The molecule has 0 unspecified atom stereocenters. The minimum atomic E-state index is -1.20. The van der Waals surface area contributed by atoms with Gasteiger partial charge in [0.1, 0.15) is 5.57 Å². The first kappa shape index (κ1) is 23.1. The van der Waals surface area contributed by atoms with Crippen molar-refractivity contribution < 1.29 is 33.8 Å². The number of nitrogens with zero attached hydrogens (tertiary/aromatic N) is 1. The summed E-state index contributed by atoms with van der Waals surface area (Å²) in [5, 5.41) is 11.3. The molecule has 0 spiro atoms. The number of carbonyl (C=O) groups is 4. The molecule has 0 saturated carbocycles. The van der Waals surface area contributed by atoms with Crippen LogP contribution in [0.2, 0.25) is 10.0 Å². The SMILES string of the molecule is CCOc1cc(/C=C2\C(=O)NC(=O)N(c3cccc(Cl)c3)C2=O)cc(Cl)c1OCC(=O)O. The number of hydrogen-bond acceptors (Lipinski definition) is 6. The molecular formula is C21H16Cl2N2O7. The average molecular weight is 479 g/mol. The topological polar surface area (TPSA) is 122 Å². The summed E-state index contributed by atoms with van der Waals surface area (Å²) in [6, 6.07) is 7.92. The number of aliphatic carboxylic acids is 1. The van der Waals surface area contributed by atoms with Crippen molar-refractivity contribution >= 4 is 58.8 Å². The van der Waals surface area contributed by atoms with Crippen LogP contribution in [0.25, 0.3) is 6.08 Å². The fourth-order valence-electron chi connectivity index (χ4n) is 2.88. The molecule has 9 nitrogen and oxygen atoms in total. The highest BCUT2D eigenvalue weighted by atomic mass is 35.5. The van der Waals surface area contributed by atoms with Gasteiger partial charge in [-0.1, -0.05) is 29.3 Å². The van der Waals surface area contributed by atoms with E-state index in [2.05, 4.69) is 5.32 Å². The quantitative estimate of drug-likeness (QED) is 0.460. The number of halogens is 2. The molecule has 0 aromatic heterocycles. The van der Waals surface area contributed by atoms with Gasteiger partial charge in [-0.25, -0.2) is 14.5 Å². The van der Waals surface area contributed by atoms with Crippen LogP contribution in [0.3, 0.4) is 0 Å². The lowest BCUT2D eigenvalue weighted by Crippen LogP contribution is -2.54. The number of carbonyl (C=O) groups excluding carboxylic acids is 3. The summed E-state index contributed by atoms with van der Waals surface area (Å²) in [7, 11) is 0. The van der Waals surface area contributed by atoms with Crippen LogP contribution >= 0.6 is 23.2 Å². The van der Waals surface area contributed by atoms with Crippen LogP contribution in [0, 0.1) is 0 Å². The Morgan fingerprint density at radius 2 is 1.91 bits per heavy atom. The predicted molar refractivity (Wildman–Crippen MR) is 116 cm³/mol. The van der Waals surface area contributed by atoms with Crippen molar-refractivity contribution in [2.45, 2.75) is 6.92 Å². The van der Waals surface area contributed by atoms with Gasteiger partial charge in [0, 0.05) is 5.02 Å². The van der Waals surface area contributed by atoms with Crippen LogP contribution < -0.4 is 19.7 Å². The van der Waals surface area contributed by atoms with Crippen LogP contribution in [-0.4, -0.2) is 42.1 Å². The van der Waals surface area contributed by atoms with Crippen LogP contribution in [-0.2, 0) is 14.4 Å². The average Bonchev–Trinajstić information content (AvgIpc) is 2.70. The smallest absolute Gasteiger partial charge is 0.341 e. The molecule has 1 aliphatic heterocycles. The summed E-state index contributed by atoms with van der Waals surface area (Å²) >= 11 is 12.2. The lowest BCUT2D eigenvalue weighted by atomic mass is 10.1. The number of urea groups is 1. The Kier molecular flexibility index (Phi) is 7.01. The maximum absolute atomic E-state index is 13.0. The second-order valence-corrected chi connectivity index (χ2v) is 7.23. The minimum Gasteiger partial charge on any atom is -0.490 e. The number of nitrogens with one attached hydrogen (secondary N) is 1. The van der Waals surface area contributed by atoms with Gasteiger partial charge in [-0.15, -0.1) is 0 Å². The lowest BCUT2D eigenvalue weighted by molar-refractivity contribution is -0.139. The van der Waals surface area contributed by atoms with Crippen molar-refractivity contribution in [1.29, 1.82) is 0 Å². The van der Waals surface area contributed by atoms with Gasteiger partial charge in [0.15, 0.2) is 18.1 Å². The van der Waals surface area contributed by atoms with Crippen LogP contribution in [0.4, 0.5) is 10.5 Å². The van der Waals surface area contributed by atoms with E-state index >= 15 is 0 Å². The molecule has 0 aliphatic carbocycles. The number of ether oxygens (including phenoxy) is 2. The Bertz CT molecular complexity index is 1150. The molecule has 11 heteroatoms. The summed E-state index contributed by atoms with van der Waals surface area (Å²) in [6.07, 6.45) is 1.23. The third kappa shape index (κ3) is 5.01. The summed E-state index contributed by atoms with van der Waals surface area (Å²) in [5.41, 5.74) is 0.145. The Morgan fingerprint density at radius 1 is 1.16 bits per heavy atom. The highest BCUT2D eigenvalue weighted by Crippen LogP contribution is 2.37. The standard InChI is InChI=1S/C21H16Cl2N2O7/c1-2-31-16-8-11(7-15(23)18(16)32-10-17(26)27)6-14-19(28)24-21(30)25(20(14)29)13-5-3-4-12(22)9-13/h3-9H,2,10H2,1H3,(H,26,27)(H,24,28,30)/b14-6+. The van der Waals surface area contributed by atoms with Gasteiger partial charge < -0.3 is 14.6 Å².